The van der Waals surface area contributed by atoms with Crippen molar-refractivity contribution in [3.63, 3.8) is 0 Å². The fourth-order valence-electron chi connectivity index (χ4n) is 2.66. The quantitative estimate of drug-likeness (QED) is 0.653. The molecule has 2 heteroatoms. The number of nitrogens with zero attached hydrogens (tertiary/aromatic N) is 1. The van der Waals surface area contributed by atoms with Gasteiger partial charge in [0.25, 0.3) is 0 Å². The first-order chi connectivity index (χ1) is 7.38. The SMILES string of the molecule is CCN(CCCCNC)C1CCCCC1. The van der Waals surface area contributed by atoms with Crippen LogP contribution in [0.3, 0.4) is 0 Å². The summed E-state index contributed by atoms with van der Waals surface area (Å²) in [5, 5.41) is 3.22. The van der Waals surface area contributed by atoms with E-state index >= 15 is 0 Å². The van der Waals surface area contributed by atoms with Gasteiger partial charge in [-0.05, 0) is 52.4 Å². The van der Waals surface area contributed by atoms with Crippen LogP contribution in [-0.2, 0) is 0 Å². The summed E-state index contributed by atoms with van der Waals surface area (Å²) in [6.07, 6.45) is 9.94. The average molecular weight is 212 g/mol. The van der Waals surface area contributed by atoms with Crippen molar-refractivity contribution in [2.45, 2.75) is 57.9 Å². The average Bonchev–Trinajstić information content (AvgIpc) is 2.30. The standard InChI is InChI=1S/C13H28N2/c1-3-15(12-8-7-11-14-2)13-9-5-4-6-10-13/h13-14H,3-12H2,1-2H3. The van der Waals surface area contributed by atoms with Gasteiger partial charge >= 0.3 is 0 Å². The molecule has 0 aromatic carbocycles. The van der Waals surface area contributed by atoms with Crippen molar-refractivity contribution in [1.29, 1.82) is 0 Å². The van der Waals surface area contributed by atoms with E-state index in [1.54, 1.807) is 0 Å². The molecule has 15 heavy (non-hydrogen) atoms. The third-order valence-electron chi connectivity index (χ3n) is 3.62. The summed E-state index contributed by atoms with van der Waals surface area (Å²) in [6, 6.07) is 0.901. The van der Waals surface area contributed by atoms with Gasteiger partial charge in [0, 0.05) is 6.04 Å². The first kappa shape index (κ1) is 13.0. The second-order valence-electron chi connectivity index (χ2n) is 4.73. The third-order valence-corrected chi connectivity index (χ3v) is 3.62. The van der Waals surface area contributed by atoms with Crippen LogP contribution in [0, 0.1) is 0 Å². The monoisotopic (exact) mass is 212 g/mol. The molecule has 1 N–H and O–H groups in total. The van der Waals surface area contributed by atoms with E-state index in [1.807, 2.05) is 7.05 Å². The highest BCUT2D eigenvalue weighted by Crippen LogP contribution is 2.22. The highest BCUT2D eigenvalue weighted by molar-refractivity contribution is 4.74. The molecule has 0 bridgehead atoms. The summed E-state index contributed by atoms with van der Waals surface area (Å²) in [4.78, 5) is 2.70. The van der Waals surface area contributed by atoms with E-state index in [-0.39, 0.29) is 0 Å². The Bertz CT molecular complexity index is 141. The van der Waals surface area contributed by atoms with Crippen molar-refractivity contribution >= 4 is 0 Å². The van der Waals surface area contributed by atoms with Crippen molar-refractivity contribution in [2.24, 2.45) is 0 Å². The van der Waals surface area contributed by atoms with Crippen molar-refractivity contribution < 1.29 is 0 Å². The summed E-state index contributed by atoms with van der Waals surface area (Å²) < 4.78 is 0. The van der Waals surface area contributed by atoms with Gasteiger partial charge in [0.15, 0.2) is 0 Å². The molecule has 1 aliphatic rings. The Morgan fingerprint density at radius 2 is 1.87 bits per heavy atom. The number of hydrogen-bond donors (Lipinski definition) is 1. The molecule has 0 heterocycles. The molecular formula is C13H28N2. The zero-order valence-electron chi connectivity index (χ0n) is 10.6. The molecule has 0 aromatic rings. The van der Waals surface area contributed by atoms with Crippen LogP contribution in [0.2, 0.25) is 0 Å². The van der Waals surface area contributed by atoms with Crippen LogP contribution in [0.4, 0.5) is 0 Å². The number of rotatable bonds is 7. The van der Waals surface area contributed by atoms with E-state index in [4.69, 9.17) is 0 Å². The molecule has 0 aliphatic heterocycles. The smallest absolute Gasteiger partial charge is 0.00951 e. The van der Waals surface area contributed by atoms with E-state index in [9.17, 15) is 0 Å². The molecule has 1 rings (SSSR count). The highest BCUT2D eigenvalue weighted by atomic mass is 15.1. The minimum atomic E-state index is 0.901. The Kier molecular flexibility index (Phi) is 7.03. The molecule has 1 aliphatic carbocycles. The van der Waals surface area contributed by atoms with E-state index in [1.165, 1.54) is 64.6 Å². The van der Waals surface area contributed by atoms with Crippen molar-refractivity contribution in [2.75, 3.05) is 26.7 Å². The van der Waals surface area contributed by atoms with Gasteiger partial charge in [0.1, 0.15) is 0 Å². The largest absolute Gasteiger partial charge is 0.320 e. The van der Waals surface area contributed by atoms with Crippen molar-refractivity contribution in [3.8, 4) is 0 Å². The fourth-order valence-corrected chi connectivity index (χ4v) is 2.66. The maximum absolute atomic E-state index is 3.22. The predicted molar refractivity (Wildman–Crippen MR) is 67.3 cm³/mol. The second-order valence-corrected chi connectivity index (χ2v) is 4.73. The van der Waals surface area contributed by atoms with Crippen LogP contribution in [0.5, 0.6) is 0 Å². The first-order valence-electron chi connectivity index (χ1n) is 6.77. The number of hydrogen-bond acceptors (Lipinski definition) is 2. The lowest BCUT2D eigenvalue weighted by molar-refractivity contribution is 0.161. The summed E-state index contributed by atoms with van der Waals surface area (Å²) in [6.45, 7) is 6.03. The summed E-state index contributed by atoms with van der Waals surface area (Å²) in [7, 11) is 2.04. The predicted octanol–water partition coefficient (Wildman–Crippen LogP) is 2.64. The Morgan fingerprint density at radius 3 is 2.47 bits per heavy atom. The Morgan fingerprint density at radius 1 is 1.13 bits per heavy atom. The lowest BCUT2D eigenvalue weighted by Gasteiger charge is -2.33. The highest BCUT2D eigenvalue weighted by Gasteiger charge is 2.18. The normalized spacial score (nSPS) is 18.6. The van der Waals surface area contributed by atoms with Crippen LogP contribution < -0.4 is 5.32 Å². The second kappa shape index (κ2) is 8.12. The molecule has 0 atom stereocenters. The van der Waals surface area contributed by atoms with Gasteiger partial charge in [0.05, 0.1) is 0 Å². The molecule has 0 saturated heterocycles. The van der Waals surface area contributed by atoms with E-state index in [0.717, 1.165) is 6.04 Å². The fraction of sp³-hybridized carbons (Fsp3) is 1.00. The van der Waals surface area contributed by atoms with Crippen molar-refractivity contribution in [3.05, 3.63) is 0 Å². The molecule has 2 nitrogen and oxygen atoms in total. The Labute approximate surface area is 95.4 Å². The van der Waals surface area contributed by atoms with Gasteiger partial charge in [-0.1, -0.05) is 26.2 Å². The van der Waals surface area contributed by atoms with Crippen molar-refractivity contribution in [1.82, 2.24) is 10.2 Å². The van der Waals surface area contributed by atoms with Gasteiger partial charge < -0.3 is 10.2 Å². The molecule has 0 amide bonds. The molecule has 90 valence electrons. The topological polar surface area (TPSA) is 15.3 Å². The minimum Gasteiger partial charge on any atom is -0.320 e. The third kappa shape index (κ3) is 4.98. The van der Waals surface area contributed by atoms with Gasteiger partial charge in [-0.2, -0.15) is 0 Å². The summed E-state index contributed by atoms with van der Waals surface area (Å²) in [5.41, 5.74) is 0. The van der Waals surface area contributed by atoms with Gasteiger partial charge in [0.2, 0.25) is 0 Å². The summed E-state index contributed by atoms with van der Waals surface area (Å²) >= 11 is 0. The Balaban J connectivity index is 2.15. The van der Waals surface area contributed by atoms with Gasteiger partial charge in [-0.3, -0.25) is 0 Å². The molecule has 0 unspecified atom stereocenters. The molecule has 0 spiro atoms. The maximum Gasteiger partial charge on any atom is 0.00951 e. The first-order valence-corrected chi connectivity index (χ1v) is 6.77. The zero-order chi connectivity index (χ0) is 10.9. The lowest BCUT2D eigenvalue weighted by atomic mass is 9.94. The van der Waals surface area contributed by atoms with Gasteiger partial charge in [-0.25, -0.2) is 0 Å². The maximum atomic E-state index is 3.22. The zero-order valence-corrected chi connectivity index (χ0v) is 10.6. The van der Waals surface area contributed by atoms with Gasteiger partial charge in [-0.15, -0.1) is 0 Å². The van der Waals surface area contributed by atoms with E-state index in [0.29, 0.717) is 0 Å². The molecule has 0 radical (unpaired) electrons. The number of unbranched alkanes of at least 4 members (excludes halogenated alkanes) is 1. The van der Waals surface area contributed by atoms with E-state index < -0.39 is 0 Å². The van der Waals surface area contributed by atoms with Crippen LogP contribution in [0.25, 0.3) is 0 Å². The van der Waals surface area contributed by atoms with Crippen LogP contribution >= 0.6 is 0 Å². The molecule has 1 fully saturated rings. The van der Waals surface area contributed by atoms with E-state index in [2.05, 4.69) is 17.1 Å². The molecule has 1 saturated carbocycles. The number of nitrogens with one attached hydrogen (secondary N) is 1. The van der Waals surface area contributed by atoms with Crippen LogP contribution in [-0.4, -0.2) is 37.6 Å². The molecule has 0 aromatic heterocycles. The Hall–Kier alpha value is -0.0800. The lowest BCUT2D eigenvalue weighted by Crippen LogP contribution is -2.37. The van der Waals surface area contributed by atoms with Crippen LogP contribution in [0.15, 0.2) is 0 Å². The van der Waals surface area contributed by atoms with Crippen LogP contribution in [0.1, 0.15) is 51.9 Å². The molecular weight excluding hydrogens is 184 g/mol. The summed E-state index contributed by atoms with van der Waals surface area (Å²) in [5.74, 6) is 0. The minimum absolute atomic E-state index is 0.901.